The first-order valence-corrected chi connectivity index (χ1v) is 11.0. The van der Waals surface area contributed by atoms with Gasteiger partial charge in [0, 0.05) is 18.1 Å². The zero-order valence-corrected chi connectivity index (χ0v) is 17.2. The van der Waals surface area contributed by atoms with Gasteiger partial charge in [0.25, 0.3) is 5.56 Å². The molecule has 0 radical (unpaired) electrons. The Morgan fingerprint density at radius 1 is 1.21 bits per heavy atom. The van der Waals surface area contributed by atoms with E-state index in [0.717, 1.165) is 25.6 Å². The number of nitrogens with zero attached hydrogens (tertiary/aromatic N) is 3. The minimum atomic E-state index is -0.840. The van der Waals surface area contributed by atoms with Crippen molar-refractivity contribution in [3.63, 3.8) is 0 Å². The summed E-state index contributed by atoms with van der Waals surface area (Å²) in [5, 5.41) is 12.2. The maximum atomic E-state index is 12.7. The van der Waals surface area contributed by atoms with Crippen molar-refractivity contribution in [3.8, 4) is 0 Å². The van der Waals surface area contributed by atoms with Crippen molar-refractivity contribution in [2.24, 2.45) is 5.92 Å². The summed E-state index contributed by atoms with van der Waals surface area (Å²) < 4.78 is 1.55. The van der Waals surface area contributed by atoms with Gasteiger partial charge in [-0.15, -0.1) is 0 Å². The number of aliphatic hydroxyl groups is 1. The monoisotopic (exact) mass is 403 g/mol. The maximum absolute atomic E-state index is 12.7. The molecule has 152 valence electrons. The number of hydrogen-bond acceptors (Lipinski definition) is 4. The third-order valence-corrected chi connectivity index (χ3v) is 6.84. The highest BCUT2D eigenvalue weighted by atomic mass is 35.5. The molecule has 2 fully saturated rings. The van der Waals surface area contributed by atoms with Gasteiger partial charge in [0.2, 0.25) is 0 Å². The van der Waals surface area contributed by atoms with Crippen LogP contribution in [0.1, 0.15) is 51.4 Å². The van der Waals surface area contributed by atoms with Crippen LogP contribution in [0, 0.1) is 5.92 Å². The van der Waals surface area contributed by atoms with E-state index >= 15 is 0 Å². The molecular formula is C22H30ClN3O2. The summed E-state index contributed by atoms with van der Waals surface area (Å²) >= 11 is 5.98. The summed E-state index contributed by atoms with van der Waals surface area (Å²) in [6, 6.07) is 5.11. The normalized spacial score (nSPS) is 20.8. The van der Waals surface area contributed by atoms with E-state index in [0.29, 0.717) is 35.3 Å². The van der Waals surface area contributed by atoms with E-state index in [-0.39, 0.29) is 5.56 Å². The maximum Gasteiger partial charge on any atom is 0.261 e. The molecule has 1 aliphatic heterocycles. The Morgan fingerprint density at radius 2 is 1.96 bits per heavy atom. The van der Waals surface area contributed by atoms with Crippen LogP contribution in [0.5, 0.6) is 0 Å². The number of rotatable bonds is 6. The van der Waals surface area contributed by atoms with Crippen molar-refractivity contribution < 1.29 is 5.11 Å². The second-order valence-corrected chi connectivity index (χ2v) is 9.13. The van der Waals surface area contributed by atoms with E-state index in [1.54, 1.807) is 22.8 Å². The lowest BCUT2D eigenvalue weighted by molar-refractivity contribution is -0.0351. The molecule has 1 saturated heterocycles. The van der Waals surface area contributed by atoms with E-state index in [1.165, 1.54) is 44.9 Å². The number of halogens is 1. The molecule has 0 bridgehead atoms. The summed E-state index contributed by atoms with van der Waals surface area (Å²) in [7, 11) is 0. The minimum absolute atomic E-state index is 0.117. The van der Waals surface area contributed by atoms with Crippen molar-refractivity contribution in [3.05, 3.63) is 39.9 Å². The first kappa shape index (κ1) is 19.9. The van der Waals surface area contributed by atoms with Gasteiger partial charge >= 0.3 is 0 Å². The number of hydrogen-bond donors (Lipinski definition) is 1. The molecule has 0 atom stereocenters. The molecule has 1 aliphatic carbocycles. The predicted molar refractivity (Wildman–Crippen MR) is 113 cm³/mol. The lowest BCUT2D eigenvalue weighted by Crippen LogP contribution is -2.48. The molecule has 5 nitrogen and oxygen atoms in total. The largest absolute Gasteiger partial charge is 0.388 e. The Hall–Kier alpha value is -1.43. The van der Waals surface area contributed by atoms with Crippen LogP contribution >= 0.6 is 11.6 Å². The van der Waals surface area contributed by atoms with Crippen LogP contribution in [-0.4, -0.2) is 44.8 Å². The van der Waals surface area contributed by atoms with E-state index in [4.69, 9.17) is 11.6 Å². The number of piperidine rings is 1. The Morgan fingerprint density at radius 3 is 2.71 bits per heavy atom. The van der Waals surface area contributed by atoms with Gasteiger partial charge in [0.05, 0.1) is 29.4 Å². The standard InChI is InChI=1S/C22H30ClN3O2/c23-18-7-8-19-20(14-18)24-16-26(21(19)27)15-22(28)9-12-25(13-10-22)11-3-6-17-4-1-2-5-17/h7-8,14,16-17,28H,1-6,9-13,15H2. The molecule has 28 heavy (non-hydrogen) atoms. The van der Waals surface area contributed by atoms with Gasteiger partial charge in [-0.1, -0.05) is 37.3 Å². The summed E-state index contributed by atoms with van der Waals surface area (Å²) in [5.41, 5.74) is -0.361. The molecule has 4 rings (SSSR count). The van der Waals surface area contributed by atoms with Crippen LogP contribution in [0.2, 0.25) is 5.02 Å². The zero-order valence-electron chi connectivity index (χ0n) is 16.4. The van der Waals surface area contributed by atoms with E-state index in [2.05, 4.69) is 9.88 Å². The van der Waals surface area contributed by atoms with Gasteiger partial charge < -0.3 is 10.0 Å². The van der Waals surface area contributed by atoms with Gasteiger partial charge in [-0.25, -0.2) is 4.98 Å². The van der Waals surface area contributed by atoms with E-state index in [1.807, 2.05) is 0 Å². The summed E-state index contributed by atoms with van der Waals surface area (Å²) in [6.45, 7) is 3.22. The quantitative estimate of drug-likeness (QED) is 0.795. The topological polar surface area (TPSA) is 58.4 Å². The molecule has 0 unspecified atom stereocenters. The highest BCUT2D eigenvalue weighted by Crippen LogP contribution is 2.29. The number of likely N-dealkylation sites (tertiary alicyclic amines) is 1. The van der Waals surface area contributed by atoms with Crippen molar-refractivity contribution in [2.45, 2.75) is 63.5 Å². The number of benzene rings is 1. The van der Waals surface area contributed by atoms with E-state index in [9.17, 15) is 9.90 Å². The molecule has 1 aromatic heterocycles. The average Bonchev–Trinajstić information content (AvgIpc) is 3.19. The summed E-state index contributed by atoms with van der Waals surface area (Å²) in [4.78, 5) is 19.6. The lowest BCUT2D eigenvalue weighted by Gasteiger charge is -2.38. The number of fused-ring (bicyclic) bond motifs is 1. The SMILES string of the molecule is O=c1c2ccc(Cl)cc2ncn1CC1(O)CCN(CCCC2CCCC2)CC1. The highest BCUT2D eigenvalue weighted by Gasteiger charge is 2.33. The van der Waals surface area contributed by atoms with Crippen LogP contribution in [0.3, 0.4) is 0 Å². The molecule has 6 heteroatoms. The second-order valence-electron chi connectivity index (χ2n) is 8.70. The van der Waals surface area contributed by atoms with Gasteiger partial charge in [-0.2, -0.15) is 0 Å². The van der Waals surface area contributed by atoms with Crippen molar-refractivity contribution >= 4 is 22.5 Å². The van der Waals surface area contributed by atoms with Crippen LogP contribution in [0.15, 0.2) is 29.3 Å². The molecule has 1 saturated carbocycles. The zero-order chi connectivity index (χ0) is 19.6. The fourth-order valence-corrected chi connectivity index (χ4v) is 4.98. The predicted octanol–water partition coefficient (Wildman–Crippen LogP) is 3.85. The van der Waals surface area contributed by atoms with Gasteiger partial charge in [-0.05, 0) is 56.3 Å². The Bertz CT molecular complexity index is 868. The number of aromatic nitrogens is 2. The smallest absolute Gasteiger partial charge is 0.261 e. The van der Waals surface area contributed by atoms with Crippen LogP contribution < -0.4 is 5.56 Å². The Balaban J connectivity index is 1.33. The molecule has 2 heterocycles. The van der Waals surface area contributed by atoms with Crippen LogP contribution in [-0.2, 0) is 6.54 Å². The van der Waals surface area contributed by atoms with Crippen molar-refractivity contribution in [1.82, 2.24) is 14.5 Å². The summed E-state index contributed by atoms with van der Waals surface area (Å²) in [5.74, 6) is 0.948. The first-order valence-electron chi connectivity index (χ1n) is 10.6. The minimum Gasteiger partial charge on any atom is -0.388 e. The van der Waals surface area contributed by atoms with Crippen molar-refractivity contribution in [2.75, 3.05) is 19.6 Å². The van der Waals surface area contributed by atoms with Crippen LogP contribution in [0.25, 0.3) is 10.9 Å². The summed E-state index contributed by atoms with van der Waals surface area (Å²) in [6.07, 6.45) is 11.2. The van der Waals surface area contributed by atoms with Crippen molar-refractivity contribution in [1.29, 1.82) is 0 Å². The molecular weight excluding hydrogens is 374 g/mol. The van der Waals surface area contributed by atoms with Gasteiger partial charge in [0.1, 0.15) is 0 Å². The third-order valence-electron chi connectivity index (χ3n) is 6.60. The van der Waals surface area contributed by atoms with Gasteiger partial charge in [0.15, 0.2) is 0 Å². The molecule has 0 amide bonds. The lowest BCUT2D eigenvalue weighted by atomic mass is 9.91. The molecule has 2 aromatic rings. The average molecular weight is 404 g/mol. The van der Waals surface area contributed by atoms with Crippen LogP contribution in [0.4, 0.5) is 0 Å². The first-order chi connectivity index (χ1) is 13.5. The second kappa shape index (κ2) is 8.52. The molecule has 2 aliphatic rings. The van der Waals surface area contributed by atoms with Gasteiger partial charge in [-0.3, -0.25) is 9.36 Å². The van der Waals surface area contributed by atoms with E-state index < -0.39 is 5.60 Å². The molecule has 1 aromatic carbocycles. The fraction of sp³-hybridized carbons (Fsp3) is 0.636. The third kappa shape index (κ3) is 4.58. The Labute approximate surface area is 171 Å². The molecule has 0 spiro atoms. The highest BCUT2D eigenvalue weighted by molar-refractivity contribution is 6.31. The fourth-order valence-electron chi connectivity index (χ4n) is 4.81. The molecule has 1 N–H and O–H groups in total. The Kier molecular flexibility index (Phi) is 6.04.